The average Bonchev–Trinajstić information content (AvgIpc) is 3.29. The minimum Gasteiger partial charge on any atom is -0.273 e. The van der Waals surface area contributed by atoms with E-state index in [9.17, 15) is 23.3 Å². The van der Waals surface area contributed by atoms with Gasteiger partial charge < -0.3 is 0 Å². The number of nitro benzene ring substituents is 1. The van der Waals surface area contributed by atoms with Gasteiger partial charge in [-0.2, -0.15) is 0 Å². The molecule has 0 saturated heterocycles. The molecule has 0 aliphatic heterocycles. The number of carbonyl (C=O) groups excluding carboxylic acids is 1. The van der Waals surface area contributed by atoms with Crippen LogP contribution in [0.5, 0.6) is 0 Å². The van der Waals surface area contributed by atoms with Crippen molar-refractivity contribution in [3.05, 3.63) is 94.4 Å². The number of nitrogens with zero attached hydrogens (tertiary/aromatic N) is 3. The van der Waals surface area contributed by atoms with Gasteiger partial charge in [0.1, 0.15) is 0 Å². The van der Waals surface area contributed by atoms with Crippen LogP contribution in [0.15, 0.2) is 93.9 Å². The first-order valence-electron chi connectivity index (χ1n) is 9.03. The van der Waals surface area contributed by atoms with E-state index in [4.69, 9.17) is 0 Å². The molecule has 0 saturated carbocycles. The fourth-order valence-electron chi connectivity index (χ4n) is 2.74. The number of nitro groups is 1. The van der Waals surface area contributed by atoms with Crippen molar-refractivity contribution in [3.63, 3.8) is 0 Å². The summed E-state index contributed by atoms with van der Waals surface area (Å²) in [5, 5.41) is 9.42. The third kappa shape index (κ3) is 4.44. The second-order valence-electron chi connectivity index (χ2n) is 6.36. The Kier molecular flexibility index (Phi) is 6.12. The van der Waals surface area contributed by atoms with E-state index in [-0.39, 0.29) is 15.6 Å². The van der Waals surface area contributed by atoms with E-state index < -0.39 is 19.9 Å². The first kappa shape index (κ1) is 21.8. The lowest BCUT2D eigenvalue weighted by Gasteiger charge is -2.06. The zero-order valence-electron chi connectivity index (χ0n) is 16.1. The standard InChI is InChI=1S/C21H13N3O5S3/c25-21(32(28,29)16-8-6-14(7-9-16)24(26)27)20-23-13-19(31-20)17-10-11-22-12-18(17)30-15-4-2-1-3-5-15/h1-13H. The van der Waals surface area contributed by atoms with Crippen LogP contribution in [0.4, 0.5) is 5.69 Å². The Labute approximate surface area is 191 Å². The highest BCUT2D eigenvalue weighted by Gasteiger charge is 2.30. The summed E-state index contributed by atoms with van der Waals surface area (Å²) in [5.74, 6) is 0. The van der Waals surface area contributed by atoms with Gasteiger partial charge in [-0.15, -0.1) is 11.3 Å². The molecule has 2 aromatic heterocycles. The number of sulfone groups is 1. The molecule has 32 heavy (non-hydrogen) atoms. The topological polar surface area (TPSA) is 120 Å². The van der Waals surface area contributed by atoms with Gasteiger partial charge in [-0.3, -0.25) is 19.9 Å². The van der Waals surface area contributed by atoms with Crippen LogP contribution in [0.25, 0.3) is 10.4 Å². The van der Waals surface area contributed by atoms with E-state index in [1.165, 1.54) is 18.0 Å². The minimum atomic E-state index is -4.39. The molecule has 0 amide bonds. The Morgan fingerprint density at radius 1 is 1.00 bits per heavy atom. The summed E-state index contributed by atoms with van der Waals surface area (Å²) in [6.45, 7) is 0. The molecule has 0 bridgehead atoms. The number of thiazole rings is 1. The van der Waals surface area contributed by atoms with Crippen molar-refractivity contribution >= 4 is 43.7 Å². The molecule has 4 aromatic rings. The van der Waals surface area contributed by atoms with Crippen LogP contribution < -0.4 is 0 Å². The number of benzene rings is 2. The molecule has 160 valence electrons. The summed E-state index contributed by atoms with van der Waals surface area (Å²) in [7, 11) is -4.39. The van der Waals surface area contributed by atoms with E-state index in [0.29, 0.717) is 4.88 Å². The maximum absolute atomic E-state index is 12.7. The van der Waals surface area contributed by atoms with Gasteiger partial charge in [0.25, 0.3) is 5.69 Å². The normalized spacial score (nSPS) is 11.2. The molecule has 0 spiro atoms. The zero-order chi connectivity index (χ0) is 22.7. The highest BCUT2D eigenvalue weighted by atomic mass is 32.2. The summed E-state index contributed by atoms with van der Waals surface area (Å²) in [4.78, 5) is 33.2. The predicted molar refractivity (Wildman–Crippen MR) is 121 cm³/mol. The lowest BCUT2D eigenvalue weighted by molar-refractivity contribution is -0.384. The van der Waals surface area contributed by atoms with E-state index in [2.05, 4.69) is 9.97 Å². The van der Waals surface area contributed by atoms with Gasteiger partial charge in [0.2, 0.25) is 9.84 Å². The summed E-state index contributed by atoms with van der Waals surface area (Å²) in [6.07, 6.45) is 4.76. The van der Waals surface area contributed by atoms with E-state index in [1.807, 2.05) is 30.3 Å². The number of aromatic nitrogens is 2. The van der Waals surface area contributed by atoms with Crippen LogP contribution in [-0.4, -0.2) is 28.4 Å². The van der Waals surface area contributed by atoms with Crippen molar-refractivity contribution in [2.45, 2.75) is 14.7 Å². The van der Waals surface area contributed by atoms with E-state index in [0.717, 1.165) is 51.0 Å². The Hall–Kier alpha value is -3.41. The smallest absolute Gasteiger partial charge is 0.273 e. The van der Waals surface area contributed by atoms with Crippen molar-refractivity contribution in [2.24, 2.45) is 0 Å². The molecular weight excluding hydrogens is 470 g/mol. The Balaban J connectivity index is 1.63. The molecular formula is C21H13N3O5S3. The van der Waals surface area contributed by atoms with Crippen LogP contribution in [0, 0.1) is 10.1 Å². The predicted octanol–water partition coefficient (Wildman–Crippen LogP) is 4.88. The first-order chi connectivity index (χ1) is 15.4. The van der Waals surface area contributed by atoms with Crippen LogP contribution in [0.1, 0.15) is 9.80 Å². The molecule has 11 heteroatoms. The molecule has 2 aromatic carbocycles. The average molecular weight is 484 g/mol. The number of rotatable bonds is 6. The second-order valence-corrected chi connectivity index (χ2v) is 10.4. The van der Waals surface area contributed by atoms with Gasteiger partial charge in [-0.25, -0.2) is 13.4 Å². The molecule has 0 atom stereocenters. The van der Waals surface area contributed by atoms with E-state index in [1.54, 1.807) is 18.5 Å². The summed E-state index contributed by atoms with van der Waals surface area (Å²) < 4.78 is 25.4. The van der Waals surface area contributed by atoms with Crippen LogP contribution in [-0.2, 0) is 9.84 Å². The fourth-order valence-corrected chi connectivity index (χ4v) is 5.99. The van der Waals surface area contributed by atoms with Crippen LogP contribution in [0.3, 0.4) is 0 Å². The number of hydrogen-bond acceptors (Lipinski definition) is 9. The molecule has 0 radical (unpaired) electrons. The van der Waals surface area contributed by atoms with Crippen molar-refractivity contribution < 1.29 is 18.1 Å². The lowest BCUT2D eigenvalue weighted by Crippen LogP contribution is -2.15. The highest BCUT2D eigenvalue weighted by molar-refractivity contribution is 8.07. The van der Waals surface area contributed by atoms with Crippen molar-refractivity contribution in [3.8, 4) is 10.4 Å². The number of hydrogen-bond donors (Lipinski definition) is 0. The SMILES string of the molecule is O=C(c1ncc(-c2ccncc2Sc2ccccc2)s1)S(=O)(=O)c1ccc([N+](=O)[O-])cc1. The largest absolute Gasteiger partial charge is 0.309 e. The molecule has 0 aliphatic carbocycles. The summed E-state index contributed by atoms with van der Waals surface area (Å²) >= 11 is 2.45. The monoisotopic (exact) mass is 483 g/mol. The molecule has 0 fully saturated rings. The molecule has 4 rings (SSSR count). The number of non-ortho nitro benzene ring substituents is 1. The Bertz CT molecular complexity index is 1400. The van der Waals surface area contributed by atoms with E-state index >= 15 is 0 Å². The Morgan fingerprint density at radius 3 is 2.41 bits per heavy atom. The van der Waals surface area contributed by atoms with Gasteiger partial charge in [0.05, 0.1) is 14.7 Å². The summed E-state index contributed by atoms with van der Waals surface area (Å²) in [5.41, 5.74) is 0.507. The van der Waals surface area contributed by atoms with Gasteiger partial charge in [-0.1, -0.05) is 30.0 Å². The minimum absolute atomic E-state index is 0.189. The summed E-state index contributed by atoms with van der Waals surface area (Å²) in [6, 6.07) is 15.6. The second kappa shape index (κ2) is 8.99. The molecule has 0 N–H and O–H groups in total. The van der Waals surface area contributed by atoms with Crippen LogP contribution >= 0.6 is 23.1 Å². The van der Waals surface area contributed by atoms with Gasteiger partial charge in [-0.05, 0) is 30.3 Å². The molecule has 0 unspecified atom stereocenters. The molecule has 2 heterocycles. The number of pyridine rings is 1. The third-order valence-corrected chi connectivity index (χ3v) is 8.09. The molecule has 0 aliphatic rings. The van der Waals surface area contributed by atoms with Crippen LogP contribution in [0.2, 0.25) is 0 Å². The lowest BCUT2D eigenvalue weighted by atomic mass is 10.2. The molecule has 8 nitrogen and oxygen atoms in total. The quantitative estimate of drug-likeness (QED) is 0.281. The van der Waals surface area contributed by atoms with Crippen molar-refractivity contribution in [1.29, 1.82) is 0 Å². The zero-order valence-corrected chi connectivity index (χ0v) is 18.6. The fraction of sp³-hybridized carbons (Fsp3) is 0. The number of carbonyl (C=O) groups is 1. The third-order valence-electron chi connectivity index (χ3n) is 4.30. The Morgan fingerprint density at radius 2 is 1.72 bits per heavy atom. The van der Waals surface area contributed by atoms with Crippen molar-refractivity contribution in [1.82, 2.24) is 9.97 Å². The first-order valence-corrected chi connectivity index (χ1v) is 12.1. The van der Waals surface area contributed by atoms with Gasteiger partial charge in [0, 0.05) is 46.1 Å². The van der Waals surface area contributed by atoms with Gasteiger partial charge >= 0.3 is 5.12 Å². The highest BCUT2D eigenvalue weighted by Crippen LogP contribution is 2.38. The maximum Gasteiger partial charge on any atom is 0.309 e. The maximum atomic E-state index is 12.7. The van der Waals surface area contributed by atoms with Gasteiger partial charge in [0.15, 0.2) is 5.01 Å². The van der Waals surface area contributed by atoms with Crippen molar-refractivity contribution in [2.75, 3.05) is 0 Å².